The molecule has 5 heteroatoms. The van der Waals surface area contributed by atoms with Crippen molar-refractivity contribution in [3.05, 3.63) is 23.4 Å². The van der Waals surface area contributed by atoms with Crippen molar-refractivity contribution in [1.29, 1.82) is 0 Å². The van der Waals surface area contributed by atoms with Crippen molar-refractivity contribution in [3.8, 4) is 0 Å². The molecule has 0 aliphatic heterocycles. The van der Waals surface area contributed by atoms with Crippen molar-refractivity contribution in [2.75, 3.05) is 5.43 Å². The van der Waals surface area contributed by atoms with Crippen LogP contribution in [0.2, 0.25) is 0 Å². The Morgan fingerprint density at radius 1 is 1.43 bits per heavy atom. The Balaban J connectivity index is 2.16. The molecule has 1 unspecified atom stereocenters. The van der Waals surface area contributed by atoms with Crippen LogP contribution in [0.1, 0.15) is 62.5 Å². The normalized spacial score (nSPS) is 20.9. The van der Waals surface area contributed by atoms with Crippen LogP contribution in [0, 0.1) is 5.41 Å². The molecule has 5 nitrogen and oxygen atoms in total. The Bertz CT molecular complexity index is 491. The van der Waals surface area contributed by atoms with Crippen molar-refractivity contribution in [3.63, 3.8) is 0 Å². The third-order valence-corrected chi connectivity index (χ3v) is 4.46. The van der Waals surface area contributed by atoms with Gasteiger partial charge in [-0.3, -0.25) is 4.79 Å². The molecule has 2 rings (SSSR count). The number of nitrogens with one attached hydrogen (secondary N) is 2. The molecule has 1 aliphatic carbocycles. The second-order valence-corrected chi connectivity index (χ2v) is 6.49. The molecule has 1 heterocycles. The number of hydrogen-bond acceptors (Lipinski definition) is 4. The van der Waals surface area contributed by atoms with Gasteiger partial charge in [-0.2, -0.15) is 0 Å². The van der Waals surface area contributed by atoms with E-state index in [1.807, 2.05) is 13.0 Å². The van der Waals surface area contributed by atoms with E-state index < -0.39 is 0 Å². The number of aromatic nitrogens is 1. The SMILES string of the molecule is CCc1cc(C(=O)NC2CCCCC2(C)C)cc(NN)n1. The molecule has 1 aromatic heterocycles. The zero-order valence-corrected chi connectivity index (χ0v) is 13.2. The van der Waals surface area contributed by atoms with Crippen LogP contribution >= 0.6 is 0 Å². The van der Waals surface area contributed by atoms with Gasteiger partial charge in [0.15, 0.2) is 0 Å². The van der Waals surface area contributed by atoms with E-state index in [0.29, 0.717) is 11.4 Å². The summed E-state index contributed by atoms with van der Waals surface area (Å²) < 4.78 is 0. The van der Waals surface area contributed by atoms with Crippen molar-refractivity contribution >= 4 is 11.7 Å². The van der Waals surface area contributed by atoms with Gasteiger partial charge < -0.3 is 10.7 Å². The first kappa shape index (κ1) is 15.8. The maximum Gasteiger partial charge on any atom is 0.251 e. The Kier molecular flexibility index (Phi) is 4.83. The molecule has 0 saturated heterocycles. The number of pyridine rings is 1. The lowest BCUT2D eigenvalue weighted by Gasteiger charge is -2.39. The standard InChI is InChI=1S/C16H26N4O/c1-4-12-9-11(10-14(18-12)20-17)15(21)19-13-7-5-6-8-16(13,2)3/h9-10,13H,4-8,17H2,1-3H3,(H,18,20)(H,19,21). The highest BCUT2D eigenvalue weighted by molar-refractivity contribution is 5.95. The summed E-state index contributed by atoms with van der Waals surface area (Å²) in [5.74, 6) is 5.92. The van der Waals surface area contributed by atoms with Crippen LogP contribution in [0.3, 0.4) is 0 Å². The van der Waals surface area contributed by atoms with Gasteiger partial charge in [-0.05, 0) is 36.8 Å². The van der Waals surface area contributed by atoms with Gasteiger partial charge in [0.2, 0.25) is 0 Å². The minimum atomic E-state index is -0.0384. The van der Waals surface area contributed by atoms with Crippen LogP contribution in [-0.2, 0) is 6.42 Å². The summed E-state index contributed by atoms with van der Waals surface area (Å²) in [6, 6.07) is 3.77. The van der Waals surface area contributed by atoms with Crippen molar-refractivity contribution < 1.29 is 4.79 Å². The molecule has 1 aliphatic rings. The van der Waals surface area contributed by atoms with Crippen LogP contribution in [0.25, 0.3) is 0 Å². The number of hydrazine groups is 1. The lowest BCUT2D eigenvalue weighted by Crippen LogP contribution is -2.46. The maximum absolute atomic E-state index is 12.5. The summed E-state index contributed by atoms with van der Waals surface area (Å²) in [6.07, 6.45) is 5.40. The number of hydrogen-bond donors (Lipinski definition) is 3. The van der Waals surface area contributed by atoms with Crippen LogP contribution in [-0.4, -0.2) is 16.9 Å². The van der Waals surface area contributed by atoms with Crippen LogP contribution in [0.15, 0.2) is 12.1 Å². The molecule has 1 aromatic rings. The maximum atomic E-state index is 12.5. The second-order valence-electron chi connectivity index (χ2n) is 6.49. The van der Waals surface area contributed by atoms with E-state index >= 15 is 0 Å². The molecule has 116 valence electrons. The van der Waals surface area contributed by atoms with Gasteiger partial charge in [0.25, 0.3) is 5.91 Å². The fourth-order valence-electron chi connectivity index (χ4n) is 2.98. The second kappa shape index (κ2) is 6.43. The summed E-state index contributed by atoms with van der Waals surface area (Å²) in [5.41, 5.74) is 4.16. The summed E-state index contributed by atoms with van der Waals surface area (Å²) in [4.78, 5) is 16.8. The summed E-state index contributed by atoms with van der Waals surface area (Å²) in [7, 11) is 0. The summed E-state index contributed by atoms with van der Waals surface area (Å²) in [5, 5.41) is 3.19. The fourth-order valence-corrected chi connectivity index (χ4v) is 2.98. The molecule has 0 aromatic carbocycles. The minimum absolute atomic E-state index is 0.0384. The number of anilines is 1. The Labute approximate surface area is 126 Å². The highest BCUT2D eigenvalue weighted by Crippen LogP contribution is 2.35. The quantitative estimate of drug-likeness (QED) is 0.588. The molecule has 1 amide bonds. The van der Waals surface area contributed by atoms with E-state index in [-0.39, 0.29) is 17.4 Å². The van der Waals surface area contributed by atoms with E-state index in [4.69, 9.17) is 5.84 Å². The smallest absolute Gasteiger partial charge is 0.251 e. The Morgan fingerprint density at radius 2 is 2.19 bits per heavy atom. The monoisotopic (exact) mass is 290 g/mol. The fraction of sp³-hybridized carbons (Fsp3) is 0.625. The lowest BCUT2D eigenvalue weighted by atomic mass is 9.73. The van der Waals surface area contributed by atoms with E-state index in [1.54, 1.807) is 6.07 Å². The number of amides is 1. The molecule has 21 heavy (non-hydrogen) atoms. The Morgan fingerprint density at radius 3 is 2.81 bits per heavy atom. The van der Waals surface area contributed by atoms with E-state index in [2.05, 4.69) is 29.6 Å². The summed E-state index contributed by atoms with van der Waals surface area (Å²) in [6.45, 7) is 6.47. The van der Waals surface area contributed by atoms with Crippen LogP contribution in [0.4, 0.5) is 5.82 Å². The topological polar surface area (TPSA) is 80.0 Å². The van der Waals surface area contributed by atoms with Crippen molar-refractivity contribution in [2.24, 2.45) is 11.3 Å². The van der Waals surface area contributed by atoms with Gasteiger partial charge in [0.1, 0.15) is 5.82 Å². The first-order chi connectivity index (χ1) is 9.96. The van der Waals surface area contributed by atoms with E-state index in [1.165, 1.54) is 12.8 Å². The van der Waals surface area contributed by atoms with Gasteiger partial charge in [0.05, 0.1) is 0 Å². The number of nitrogens with two attached hydrogens (primary N) is 1. The molecular weight excluding hydrogens is 264 g/mol. The number of carbonyl (C=O) groups excluding carboxylic acids is 1. The molecular formula is C16H26N4O. The average Bonchev–Trinajstić information content (AvgIpc) is 2.48. The lowest BCUT2D eigenvalue weighted by molar-refractivity contribution is 0.0853. The first-order valence-electron chi connectivity index (χ1n) is 7.74. The first-order valence-corrected chi connectivity index (χ1v) is 7.74. The largest absolute Gasteiger partial charge is 0.349 e. The van der Waals surface area contributed by atoms with Crippen LogP contribution in [0.5, 0.6) is 0 Å². The number of aryl methyl sites for hydroxylation is 1. The van der Waals surface area contributed by atoms with Gasteiger partial charge in [-0.1, -0.05) is 33.6 Å². The molecule has 0 bridgehead atoms. The number of rotatable bonds is 4. The zero-order chi connectivity index (χ0) is 15.5. The molecule has 0 radical (unpaired) electrons. The van der Waals surface area contributed by atoms with Gasteiger partial charge in [-0.15, -0.1) is 0 Å². The molecule has 1 fully saturated rings. The highest BCUT2D eigenvalue weighted by Gasteiger charge is 2.33. The predicted octanol–water partition coefficient (Wildman–Crippen LogP) is 2.63. The van der Waals surface area contributed by atoms with E-state index in [9.17, 15) is 4.79 Å². The Hall–Kier alpha value is -1.62. The summed E-state index contributed by atoms with van der Waals surface area (Å²) >= 11 is 0. The number of carbonyl (C=O) groups is 1. The van der Waals surface area contributed by atoms with E-state index in [0.717, 1.165) is 25.0 Å². The van der Waals surface area contributed by atoms with Gasteiger partial charge in [-0.25, -0.2) is 10.8 Å². The number of nitrogen functional groups attached to an aromatic ring is 1. The van der Waals surface area contributed by atoms with Crippen molar-refractivity contribution in [2.45, 2.75) is 58.9 Å². The zero-order valence-electron chi connectivity index (χ0n) is 13.2. The third-order valence-electron chi connectivity index (χ3n) is 4.46. The molecule has 1 atom stereocenters. The third kappa shape index (κ3) is 3.73. The van der Waals surface area contributed by atoms with Crippen LogP contribution < -0.4 is 16.6 Å². The van der Waals surface area contributed by atoms with Gasteiger partial charge >= 0.3 is 0 Å². The number of nitrogens with zero attached hydrogens (tertiary/aromatic N) is 1. The van der Waals surface area contributed by atoms with Gasteiger partial charge in [0, 0.05) is 17.3 Å². The average molecular weight is 290 g/mol. The minimum Gasteiger partial charge on any atom is -0.349 e. The predicted molar refractivity (Wildman–Crippen MR) is 84.9 cm³/mol. The highest BCUT2D eigenvalue weighted by atomic mass is 16.1. The molecule has 0 spiro atoms. The molecule has 1 saturated carbocycles. The molecule has 4 N–H and O–H groups in total. The van der Waals surface area contributed by atoms with Crippen molar-refractivity contribution in [1.82, 2.24) is 10.3 Å².